The van der Waals surface area contributed by atoms with E-state index in [-0.39, 0.29) is 40.1 Å². The van der Waals surface area contributed by atoms with Crippen molar-refractivity contribution in [3.8, 4) is 0 Å². The van der Waals surface area contributed by atoms with E-state index in [4.69, 9.17) is 0 Å². The van der Waals surface area contributed by atoms with E-state index in [0.717, 1.165) is 35.5 Å². The molecule has 0 bridgehead atoms. The van der Waals surface area contributed by atoms with Crippen molar-refractivity contribution in [3.63, 3.8) is 0 Å². The van der Waals surface area contributed by atoms with Crippen molar-refractivity contribution in [3.05, 3.63) is 0 Å². The molecule has 0 nitrogen and oxygen atoms in total. The number of rotatable bonds is 5. The molecule has 0 spiro atoms. The van der Waals surface area contributed by atoms with Gasteiger partial charge in [-0.05, 0) is 35.5 Å². The Kier molecular flexibility index (Phi) is 14.0. The zero-order valence-corrected chi connectivity index (χ0v) is 14.9. The zero-order chi connectivity index (χ0) is 11.5. The van der Waals surface area contributed by atoms with Gasteiger partial charge in [-0.3, -0.25) is 0 Å². The van der Waals surface area contributed by atoms with Gasteiger partial charge in [0, 0.05) is 32.7 Å². The van der Waals surface area contributed by atoms with E-state index >= 15 is 0 Å². The molecule has 0 aliphatic heterocycles. The van der Waals surface area contributed by atoms with Gasteiger partial charge < -0.3 is 0 Å². The SMILES string of the molecule is C.CC(C)C(C)C(C)C(C)C(C)C(C)C.[Y]. The fourth-order valence-electron chi connectivity index (χ4n) is 2.17. The van der Waals surface area contributed by atoms with E-state index in [1.165, 1.54) is 0 Å². The summed E-state index contributed by atoms with van der Waals surface area (Å²) in [4.78, 5) is 0. The maximum Gasteiger partial charge on any atom is 0 e. The zero-order valence-electron chi connectivity index (χ0n) is 12.0. The molecule has 0 amide bonds. The Hall–Kier alpha value is 1.10. The van der Waals surface area contributed by atoms with E-state index in [2.05, 4.69) is 55.4 Å². The smallest absolute Gasteiger partial charge is 0 e. The van der Waals surface area contributed by atoms with E-state index in [1.54, 1.807) is 0 Å². The summed E-state index contributed by atoms with van der Waals surface area (Å²) in [5.74, 6) is 4.98. The van der Waals surface area contributed by atoms with Crippen LogP contribution in [0.1, 0.15) is 62.8 Å². The van der Waals surface area contributed by atoms with Gasteiger partial charge >= 0.3 is 0 Å². The van der Waals surface area contributed by atoms with Gasteiger partial charge in [-0.15, -0.1) is 0 Å². The van der Waals surface area contributed by atoms with Gasteiger partial charge in [-0.25, -0.2) is 0 Å². The van der Waals surface area contributed by atoms with Crippen LogP contribution in [0.25, 0.3) is 0 Å². The molecule has 0 aliphatic rings. The molecule has 0 fully saturated rings. The van der Waals surface area contributed by atoms with Crippen molar-refractivity contribution in [1.29, 1.82) is 0 Å². The molecule has 4 atom stereocenters. The summed E-state index contributed by atoms with van der Waals surface area (Å²) in [6, 6.07) is 0. The molecule has 0 aromatic heterocycles. The Bertz CT molecular complexity index is 134. The Morgan fingerprint density at radius 2 is 0.625 bits per heavy atom. The maximum absolute atomic E-state index is 2.42. The minimum atomic E-state index is 0. The summed E-state index contributed by atoms with van der Waals surface area (Å²) < 4.78 is 0. The molecule has 1 radical (unpaired) electrons. The van der Waals surface area contributed by atoms with Crippen LogP contribution in [0, 0.1) is 35.5 Å². The number of hydrogen-bond acceptors (Lipinski definition) is 0. The summed E-state index contributed by atoms with van der Waals surface area (Å²) >= 11 is 0. The third kappa shape index (κ3) is 6.75. The normalized spacial score (nSPS) is 18.4. The second-order valence-electron chi connectivity index (χ2n) is 5.92. The van der Waals surface area contributed by atoms with Crippen molar-refractivity contribution >= 4 is 0 Å². The average molecular weight is 303 g/mol. The van der Waals surface area contributed by atoms with Gasteiger partial charge in [-0.2, -0.15) is 0 Å². The van der Waals surface area contributed by atoms with Crippen LogP contribution in [-0.4, -0.2) is 0 Å². The molecule has 0 saturated carbocycles. The third-order valence-electron chi connectivity index (χ3n) is 4.59. The predicted molar refractivity (Wildman–Crippen MR) is 73.1 cm³/mol. The van der Waals surface area contributed by atoms with Crippen molar-refractivity contribution in [2.24, 2.45) is 35.5 Å². The standard InChI is InChI=1S/C14H30.CH4.Y/c1-9(2)11(5)13(7)14(8)12(6)10(3)4;;/h9-14H,1-8H3;1H4;. The molecular formula is C15H34Y. The largest absolute Gasteiger partial charge is 0.0776 e. The average Bonchev–Trinajstić information content (AvgIpc) is 2.12. The van der Waals surface area contributed by atoms with E-state index in [1.807, 2.05) is 0 Å². The molecule has 0 aromatic carbocycles. The fourth-order valence-corrected chi connectivity index (χ4v) is 2.17. The summed E-state index contributed by atoms with van der Waals surface area (Å²) in [6.07, 6.45) is 0. The summed E-state index contributed by atoms with van der Waals surface area (Å²) in [5.41, 5.74) is 0. The molecule has 1 heteroatoms. The maximum atomic E-state index is 2.42. The molecule has 0 rings (SSSR count). The third-order valence-corrected chi connectivity index (χ3v) is 4.59. The van der Waals surface area contributed by atoms with Gasteiger partial charge in [0.2, 0.25) is 0 Å². The Labute approximate surface area is 130 Å². The summed E-state index contributed by atoms with van der Waals surface area (Å²) in [7, 11) is 0. The van der Waals surface area contributed by atoms with Crippen LogP contribution in [0.2, 0.25) is 0 Å². The van der Waals surface area contributed by atoms with Crippen LogP contribution >= 0.6 is 0 Å². The van der Waals surface area contributed by atoms with Crippen LogP contribution in [-0.2, 0) is 32.7 Å². The topological polar surface area (TPSA) is 0 Å². The molecule has 0 aromatic rings. The minimum Gasteiger partial charge on any atom is -0.0776 e. The molecular weight excluding hydrogens is 269 g/mol. The first-order valence-electron chi connectivity index (χ1n) is 6.29. The monoisotopic (exact) mass is 303 g/mol. The minimum absolute atomic E-state index is 0. The van der Waals surface area contributed by atoms with Crippen LogP contribution in [0.3, 0.4) is 0 Å². The second-order valence-corrected chi connectivity index (χ2v) is 5.92. The molecule has 0 aliphatic carbocycles. The molecule has 0 heterocycles. The fraction of sp³-hybridized carbons (Fsp3) is 1.00. The van der Waals surface area contributed by atoms with Gasteiger partial charge in [0.05, 0.1) is 0 Å². The van der Waals surface area contributed by atoms with E-state index in [9.17, 15) is 0 Å². The molecule has 0 N–H and O–H groups in total. The van der Waals surface area contributed by atoms with Gasteiger partial charge in [0.15, 0.2) is 0 Å². The van der Waals surface area contributed by atoms with Crippen molar-refractivity contribution in [2.45, 2.75) is 62.8 Å². The van der Waals surface area contributed by atoms with E-state index in [0.29, 0.717) is 0 Å². The van der Waals surface area contributed by atoms with Gasteiger partial charge in [-0.1, -0.05) is 62.8 Å². The molecule has 16 heavy (non-hydrogen) atoms. The predicted octanol–water partition coefficient (Wildman–Crippen LogP) is 5.48. The Balaban J connectivity index is -0.000000845. The Morgan fingerprint density at radius 3 is 0.750 bits per heavy atom. The van der Waals surface area contributed by atoms with Crippen LogP contribution in [0.5, 0.6) is 0 Å². The van der Waals surface area contributed by atoms with Gasteiger partial charge in [0.1, 0.15) is 0 Å². The van der Waals surface area contributed by atoms with Gasteiger partial charge in [0.25, 0.3) is 0 Å². The van der Waals surface area contributed by atoms with Crippen LogP contribution in [0.15, 0.2) is 0 Å². The molecule has 4 unspecified atom stereocenters. The summed E-state index contributed by atoms with van der Waals surface area (Å²) in [5, 5.41) is 0. The second kappa shape index (κ2) is 10.1. The van der Waals surface area contributed by atoms with Crippen LogP contribution < -0.4 is 0 Å². The van der Waals surface area contributed by atoms with Crippen molar-refractivity contribution < 1.29 is 32.7 Å². The molecule has 0 saturated heterocycles. The quantitative estimate of drug-likeness (QED) is 0.631. The first-order valence-corrected chi connectivity index (χ1v) is 6.29. The molecule has 97 valence electrons. The van der Waals surface area contributed by atoms with Crippen LogP contribution in [0.4, 0.5) is 0 Å². The van der Waals surface area contributed by atoms with Crippen molar-refractivity contribution in [2.75, 3.05) is 0 Å². The van der Waals surface area contributed by atoms with E-state index < -0.39 is 0 Å². The summed E-state index contributed by atoms with van der Waals surface area (Å²) in [6.45, 7) is 19.0. The Morgan fingerprint density at radius 1 is 0.438 bits per heavy atom. The van der Waals surface area contributed by atoms with Crippen molar-refractivity contribution in [1.82, 2.24) is 0 Å². The first kappa shape index (κ1) is 22.3. The number of hydrogen-bond donors (Lipinski definition) is 0. The first-order chi connectivity index (χ1) is 6.29.